The van der Waals surface area contributed by atoms with Crippen molar-refractivity contribution in [2.24, 2.45) is 0 Å². The van der Waals surface area contributed by atoms with Crippen molar-refractivity contribution < 1.29 is 0 Å². The van der Waals surface area contributed by atoms with Gasteiger partial charge in [-0.25, -0.2) is 4.68 Å². The Hall–Kier alpha value is -2.88. The average Bonchev–Trinajstić information content (AvgIpc) is 3.08. The maximum atomic E-state index is 4.47. The smallest absolute Gasteiger partial charge is 0.226 e. The summed E-state index contributed by atoms with van der Waals surface area (Å²) in [5.74, 6) is 0.814. The third-order valence-corrected chi connectivity index (χ3v) is 4.77. The van der Waals surface area contributed by atoms with Crippen LogP contribution in [0.4, 0.5) is 5.95 Å². The Morgan fingerprint density at radius 2 is 1.78 bits per heavy atom. The molecule has 112 valence electrons. The molecule has 23 heavy (non-hydrogen) atoms. The Kier molecular flexibility index (Phi) is 2.65. The highest BCUT2D eigenvalue weighted by Crippen LogP contribution is 2.43. The van der Waals surface area contributed by atoms with E-state index in [9.17, 15) is 0 Å². The van der Waals surface area contributed by atoms with Gasteiger partial charge in [-0.3, -0.25) is 0 Å². The normalized spacial score (nSPS) is 18.7. The van der Waals surface area contributed by atoms with Gasteiger partial charge in [0.05, 0.1) is 5.70 Å². The van der Waals surface area contributed by atoms with Crippen molar-refractivity contribution >= 4 is 11.6 Å². The molecule has 0 saturated heterocycles. The fourth-order valence-corrected chi connectivity index (χ4v) is 3.74. The SMILES string of the molecule is c1ccc([C@@H]2C3=C(Nc4ncnn42)c2ccccc2CC3)cc1. The minimum Gasteiger partial charge on any atom is -0.324 e. The van der Waals surface area contributed by atoms with Gasteiger partial charge in [0.25, 0.3) is 0 Å². The summed E-state index contributed by atoms with van der Waals surface area (Å²) in [4.78, 5) is 4.40. The van der Waals surface area contributed by atoms with Gasteiger partial charge in [0.1, 0.15) is 12.4 Å². The van der Waals surface area contributed by atoms with Crippen molar-refractivity contribution in [2.75, 3.05) is 5.32 Å². The van der Waals surface area contributed by atoms with E-state index in [1.54, 1.807) is 6.33 Å². The minimum absolute atomic E-state index is 0.123. The van der Waals surface area contributed by atoms with Crippen molar-refractivity contribution in [1.82, 2.24) is 14.8 Å². The monoisotopic (exact) mass is 300 g/mol. The number of nitrogens with zero attached hydrogens (tertiary/aromatic N) is 3. The second-order valence-electron chi connectivity index (χ2n) is 6.02. The maximum absolute atomic E-state index is 4.47. The highest BCUT2D eigenvalue weighted by molar-refractivity contribution is 5.82. The van der Waals surface area contributed by atoms with Gasteiger partial charge in [0, 0.05) is 5.56 Å². The molecule has 0 radical (unpaired) electrons. The number of aromatic nitrogens is 3. The van der Waals surface area contributed by atoms with E-state index in [1.165, 1.54) is 28.0 Å². The lowest BCUT2D eigenvalue weighted by Crippen LogP contribution is -2.27. The summed E-state index contributed by atoms with van der Waals surface area (Å²) >= 11 is 0. The van der Waals surface area contributed by atoms with E-state index in [2.05, 4.69) is 70.0 Å². The minimum atomic E-state index is 0.123. The molecule has 1 atom stereocenters. The third-order valence-electron chi connectivity index (χ3n) is 4.77. The molecule has 4 heteroatoms. The van der Waals surface area contributed by atoms with Crippen LogP contribution in [0, 0.1) is 0 Å². The molecule has 0 fully saturated rings. The largest absolute Gasteiger partial charge is 0.324 e. The lowest BCUT2D eigenvalue weighted by molar-refractivity contribution is 0.562. The number of aryl methyl sites for hydroxylation is 1. The average molecular weight is 300 g/mol. The molecule has 0 saturated carbocycles. The Labute approximate surface area is 134 Å². The summed E-state index contributed by atoms with van der Waals surface area (Å²) in [6, 6.07) is 19.3. The Balaban J connectivity index is 1.75. The van der Waals surface area contributed by atoms with Crippen LogP contribution in [-0.4, -0.2) is 14.8 Å². The molecule has 0 amide bonds. The van der Waals surface area contributed by atoms with Crippen LogP contribution in [0.2, 0.25) is 0 Å². The molecular formula is C19H16N4. The van der Waals surface area contributed by atoms with Crippen molar-refractivity contribution in [2.45, 2.75) is 18.9 Å². The summed E-state index contributed by atoms with van der Waals surface area (Å²) < 4.78 is 2.00. The van der Waals surface area contributed by atoms with E-state index in [0.29, 0.717) is 0 Å². The van der Waals surface area contributed by atoms with Gasteiger partial charge in [-0.15, -0.1) is 0 Å². The number of hydrogen-bond donors (Lipinski definition) is 1. The molecule has 2 aromatic carbocycles. The highest BCUT2D eigenvalue weighted by atomic mass is 15.4. The van der Waals surface area contributed by atoms with E-state index >= 15 is 0 Å². The molecule has 2 aliphatic rings. The van der Waals surface area contributed by atoms with Gasteiger partial charge in [0.2, 0.25) is 5.95 Å². The molecule has 1 aliphatic carbocycles. The first-order valence-corrected chi connectivity index (χ1v) is 7.94. The quantitative estimate of drug-likeness (QED) is 0.746. The van der Waals surface area contributed by atoms with Gasteiger partial charge in [0.15, 0.2) is 0 Å². The van der Waals surface area contributed by atoms with Crippen molar-refractivity contribution in [3.05, 3.63) is 83.2 Å². The van der Waals surface area contributed by atoms with Crippen LogP contribution in [0.15, 0.2) is 66.5 Å². The first kappa shape index (κ1) is 12.6. The molecular weight excluding hydrogens is 284 g/mol. The zero-order valence-electron chi connectivity index (χ0n) is 12.6. The second kappa shape index (κ2) is 4.81. The van der Waals surface area contributed by atoms with Crippen molar-refractivity contribution in [3.8, 4) is 0 Å². The second-order valence-corrected chi connectivity index (χ2v) is 6.02. The molecule has 3 aromatic rings. The van der Waals surface area contributed by atoms with E-state index in [0.717, 1.165) is 18.8 Å². The van der Waals surface area contributed by atoms with Gasteiger partial charge in [-0.2, -0.15) is 10.1 Å². The molecule has 1 aliphatic heterocycles. The number of allylic oxidation sites excluding steroid dienone is 1. The Morgan fingerprint density at radius 3 is 2.70 bits per heavy atom. The molecule has 4 nitrogen and oxygen atoms in total. The first-order valence-electron chi connectivity index (χ1n) is 7.94. The zero-order chi connectivity index (χ0) is 15.2. The number of benzene rings is 2. The van der Waals surface area contributed by atoms with Crippen LogP contribution < -0.4 is 5.32 Å². The number of anilines is 1. The van der Waals surface area contributed by atoms with Crippen LogP contribution in [0.3, 0.4) is 0 Å². The molecule has 1 N–H and O–H groups in total. The fraction of sp³-hybridized carbons (Fsp3) is 0.158. The molecule has 1 aromatic heterocycles. The van der Waals surface area contributed by atoms with Crippen LogP contribution in [0.25, 0.3) is 5.70 Å². The molecule has 0 bridgehead atoms. The highest BCUT2D eigenvalue weighted by Gasteiger charge is 2.33. The number of rotatable bonds is 1. The Bertz CT molecular complexity index is 908. The number of fused-ring (bicyclic) bond motifs is 3. The van der Waals surface area contributed by atoms with E-state index < -0.39 is 0 Å². The summed E-state index contributed by atoms with van der Waals surface area (Å²) in [5.41, 5.74) is 6.56. The molecule has 0 spiro atoms. The predicted octanol–water partition coefficient (Wildman–Crippen LogP) is 3.65. The van der Waals surface area contributed by atoms with Gasteiger partial charge < -0.3 is 5.32 Å². The van der Waals surface area contributed by atoms with E-state index in [4.69, 9.17) is 0 Å². The summed E-state index contributed by atoms with van der Waals surface area (Å²) in [7, 11) is 0. The maximum Gasteiger partial charge on any atom is 0.226 e. The Morgan fingerprint density at radius 1 is 0.957 bits per heavy atom. The lowest BCUT2D eigenvalue weighted by atomic mass is 9.83. The van der Waals surface area contributed by atoms with Crippen LogP contribution in [0.1, 0.15) is 29.2 Å². The fourth-order valence-electron chi connectivity index (χ4n) is 3.74. The lowest BCUT2D eigenvalue weighted by Gasteiger charge is -2.34. The summed E-state index contributed by atoms with van der Waals surface area (Å²) in [6.07, 6.45) is 3.74. The van der Waals surface area contributed by atoms with Crippen LogP contribution in [-0.2, 0) is 6.42 Å². The number of nitrogens with one attached hydrogen (secondary N) is 1. The van der Waals surface area contributed by atoms with E-state index in [-0.39, 0.29) is 6.04 Å². The standard InChI is InChI=1S/C19H16N4/c1-2-7-14(8-3-1)18-16-11-10-13-6-4-5-9-15(13)17(16)22-19-20-12-21-23(18)19/h1-9,12,18H,10-11H2,(H,20,21,22)/t18-/m1/s1. The van der Waals surface area contributed by atoms with Gasteiger partial charge in [-0.1, -0.05) is 54.6 Å². The predicted molar refractivity (Wildman–Crippen MR) is 89.9 cm³/mol. The molecule has 2 heterocycles. The molecule has 5 rings (SSSR count). The van der Waals surface area contributed by atoms with Crippen molar-refractivity contribution in [1.29, 1.82) is 0 Å². The first-order chi connectivity index (χ1) is 11.4. The summed E-state index contributed by atoms with van der Waals surface area (Å²) in [6.45, 7) is 0. The van der Waals surface area contributed by atoms with Crippen LogP contribution >= 0.6 is 0 Å². The summed E-state index contributed by atoms with van der Waals surface area (Å²) in [5, 5.41) is 7.97. The van der Waals surface area contributed by atoms with Gasteiger partial charge in [-0.05, 0) is 29.5 Å². The molecule has 0 unspecified atom stereocenters. The third kappa shape index (κ3) is 1.84. The number of hydrogen-bond acceptors (Lipinski definition) is 3. The topological polar surface area (TPSA) is 42.7 Å². The van der Waals surface area contributed by atoms with E-state index in [1.807, 2.05) is 4.68 Å². The van der Waals surface area contributed by atoms with Crippen LogP contribution in [0.5, 0.6) is 0 Å². The van der Waals surface area contributed by atoms with Gasteiger partial charge >= 0.3 is 0 Å². The van der Waals surface area contributed by atoms with Crippen molar-refractivity contribution in [3.63, 3.8) is 0 Å². The zero-order valence-corrected chi connectivity index (χ0v) is 12.6.